The van der Waals surface area contributed by atoms with E-state index in [1.165, 1.54) is 13.0 Å². The molecule has 0 spiro atoms. The van der Waals surface area contributed by atoms with E-state index in [1.807, 2.05) is 0 Å². The lowest BCUT2D eigenvalue weighted by molar-refractivity contribution is -0.435. The maximum Gasteiger partial charge on any atom is 0.357 e. The van der Waals surface area contributed by atoms with Crippen molar-refractivity contribution in [1.82, 2.24) is 15.0 Å². The molecule has 0 saturated heterocycles. The summed E-state index contributed by atoms with van der Waals surface area (Å²) in [5.41, 5.74) is -1.59. The second kappa shape index (κ2) is 16.6. The number of anilines is 2. The molecule has 28 heteroatoms. The Bertz CT molecular complexity index is 2210. The lowest BCUT2D eigenvalue weighted by atomic mass is 10.1. The van der Waals surface area contributed by atoms with Gasteiger partial charge in [0.05, 0.1) is 30.1 Å². The Kier molecular flexibility index (Phi) is 13.1. The Labute approximate surface area is 294 Å². The van der Waals surface area contributed by atoms with E-state index < -0.39 is 80.7 Å². The fraction of sp³-hybridized carbons (Fsp3) is 0.136. The first-order chi connectivity index (χ1) is 23.5. The predicted octanol–water partition coefficient (Wildman–Crippen LogP) is 3.90. The minimum absolute atomic E-state index is 0.0256. The summed E-state index contributed by atoms with van der Waals surface area (Å²) in [6.45, 7) is 1.14. The molecule has 1 aromatic heterocycles. The first kappa shape index (κ1) is 39.2. The van der Waals surface area contributed by atoms with Crippen LogP contribution in [-0.2, 0) is 61.3 Å². The molecule has 2 unspecified atom stereocenters. The topological polar surface area (TPSA) is 325 Å². The van der Waals surface area contributed by atoms with E-state index in [0.29, 0.717) is 12.0 Å². The molecule has 0 amide bonds. The number of phenolic OH excluding ortho intramolecular Hbond substituents is 1. The van der Waals surface area contributed by atoms with E-state index in [9.17, 15) is 44.0 Å². The van der Waals surface area contributed by atoms with Crippen LogP contribution in [-0.4, -0.2) is 76.6 Å². The number of hydrogen-bond donors (Lipinski definition) is 6. The van der Waals surface area contributed by atoms with Crippen molar-refractivity contribution in [3.05, 3.63) is 47.5 Å². The minimum atomic E-state index is -5.15. The Hall–Kier alpha value is -3.55. The average molecular weight is 819 g/mol. The van der Waals surface area contributed by atoms with Crippen LogP contribution in [0.1, 0.15) is 5.82 Å². The van der Waals surface area contributed by atoms with Crippen molar-refractivity contribution < 1.29 is 72.1 Å². The zero-order chi connectivity index (χ0) is 36.8. The summed E-state index contributed by atoms with van der Waals surface area (Å²) < 4.78 is 115. The molecule has 50 heavy (non-hydrogen) atoms. The number of aromatic nitrogens is 3. The van der Waals surface area contributed by atoms with Gasteiger partial charge < -0.3 is 14.6 Å². The van der Waals surface area contributed by atoms with Gasteiger partial charge in [-0.05, 0) is 54.9 Å². The van der Waals surface area contributed by atoms with Gasteiger partial charge in [0.2, 0.25) is 11.2 Å². The van der Waals surface area contributed by atoms with Crippen LogP contribution >= 0.6 is 23.6 Å². The van der Waals surface area contributed by atoms with Gasteiger partial charge in [0.1, 0.15) is 21.3 Å². The molecule has 22 nitrogen and oxygen atoms in total. The molecule has 0 fully saturated rings. The summed E-state index contributed by atoms with van der Waals surface area (Å²) in [6.07, 6.45) is 0. The van der Waals surface area contributed by atoms with Crippen LogP contribution in [0.3, 0.4) is 0 Å². The first-order valence-electron chi connectivity index (χ1n) is 12.6. The number of aromatic hydroxyl groups is 1. The highest BCUT2D eigenvalue weighted by Gasteiger charge is 2.26. The maximum atomic E-state index is 12.6. The fourth-order valence-electron chi connectivity index (χ4n) is 3.84. The van der Waals surface area contributed by atoms with Gasteiger partial charge in [-0.25, -0.2) is 19.3 Å². The van der Waals surface area contributed by atoms with E-state index in [0.717, 1.165) is 30.3 Å². The van der Waals surface area contributed by atoms with Crippen molar-refractivity contribution in [2.75, 3.05) is 17.7 Å². The standard InChI is InChI=1S/C22H19ClN6O16S5/c1-10-24-21(23)27-22(25-10)26-15-5-3-12-13(20(15)50(38,39)40)9-16(42-48(33)34)18(19(12)30)29-28-14-4-2-11(8-17(14)49(35,36)37)46-44-41-6-7-47(32)45-43-31/h2-5,8-9,30-31H,6-7H2,1H3,(H,33,34)(H,35,36,37)(H,38,39,40)(H,24,25,26,27). The summed E-state index contributed by atoms with van der Waals surface area (Å²) in [5, 5.41) is 31.4. The lowest BCUT2D eigenvalue weighted by Gasteiger charge is -2.15. The summed E-state index contributed by atoms with van der Waals surface area (Å²) in [7, 11) is -10.2. The summed E-state index contributed by atoms with van der Waals surface area (Å²) in [4.78, 5) is 14.6. The monoisotopic (exact) mass is 818 g/mol. The third kappa shape index (κ3) is 10.3. The van der Waals surface area contributed by atoms with Crippen molar-refractivity contribution in [3.8, 4) is 11.5 Å². The highest BCUT2D eigenvalue weighted by molar-refractivity contribution is 7.94. The Morgan fingerprint density at radius 1 is 1.00 bits per heavy atom. The molecule has 1 heterocycles. The fourth-order valence-corrected chi connectivity index (χ4v) is 6.71. The summed E-state index contributed by atoms with van der Waals surface area (Å²) in [6, 6.07) is 6.21. The van der Waals surface area contributed by atoms with Crippen molar-refractivity contribution >= 4 is 100 Å². The number of nitrogens with one attached hydrogen (secondary N) is 1. The van der Waals surface area contributed by atoms with Gasteiger partial charge in [-0.3, -0.25) is 13.7 Å². The van der Waals surface area contributed by atoms with Gasteiger partial charge in [0.15, 0.2) is 28.3 Å². The number of halogens is 1. The van der Waals surface area contributed by atoms with Crippen molar-refractivity contribution in [2.24, 2.45) is 10.2 Å². The molecular weight excluding hydrogens is 800 g/mol. The molecular formula is C22H19ClN6O16S5. The van der Waals surface area contributed by atoms with Gasteiger partial charge in [-0.2, -0.15) is 35.3 Å². The Balaban J connectivity index is 1.75. The van der Waals surface area contributed by atoms with E-state index in [2.05, 4.69) is 39.9 Å². The molecule has 2 atom stereocenters. The third-order valence-corrected chi connectivity index (χ3v) is 9.31. The number of rotatable bonds is 16. The van der Waals surface area contributed by atoms with Gasteiger partial charge in [0, 0.05) is 15.7 Å². The molecule has 6 N–H and O–H groups in total. The third-order valence-electron chi connectivity index (χ3n) is 5.65. The van der Waals surface area contributed by atoms with E-state index >= 15 is 0 Å². The SMILES string of the molecule is Cc1nc(Cl)nc(Nc2ccc3c(O)c(N=Nc4ccc(SOOCCS(=O)OOO)cc4S(=O)(=O)O)c(OS(=O)O)cc3c2S(=O)(=O)O)n1. The van der Waals surface area contributed by atoms with Gasteiger partial charge in [0.25, 0.3) is 20.2 Å². The number of hydrogen-bond acceptors (Lipinski definition) is 20. The molecule has 0 saturated carbocycles. The molecule has 4 aromatic rings. The van der Waals surface area contributed by atoms with Crippen molar-refractivity contribution in [1.29, 1.82) is 0 Å². The summed E-state index contributed by atoms with van der Waals surface area (Å²) >= 11 is 1.11. The molecule has 3 aromatic carbocycles. The molecule has 0 aliphatic heterocycles. The van der Waals surface area contributed by atoms with Crippen LogP contribution in [0.2, 0.25) is 5.28 Å². The van der Waals surface area contributed by atoms with E-state index in [1.54, 1.807) is 0 Å². The van der Waals surface area contributed by atoms with Crippen LogP contribution < -0.4 is 9.50 Å². The lowest BCUT2D eigenvalue weighted by Crippen LogP contribution is -2.07. The molecule has 0 bridgehead atoms. The molecule has 270 valence electrons. The van der Waals surface area contributed by atoms with Crippen molar-refractivity contribution in [2.45, 2.75) is 21.6 Å². The number of fused-ring (bicyclic) bond motifs is 1. The van der Waals surface area contributed by atoms with Crippen molar-refractivity contribution in [3.63, 3.8) is 0 Å². The number of benzene rings is 3. The van der Waals surface area contributed by atoms with Crippen LogP contribution in [0.25, 0.3) is 10.8 Å². The Morgan fingerprint density at radius 3 is 2.38 bits per heavy atom. The molecule has 0 aliphatic rings. The van der Waals surface area contributed by atoms with Gasteiger partial charge in [-0.1, -0.05) is 5.04 Å². The van der Waals surface area contributed by atoms with Crippen LogP contribution in [0.15, 0.2) is 61.3 Å². The minimum Gasteiger partial charge on any atom is -0.505 e. The first-order valence-corrected chi connectivity index (χ1v) is 18.9. The largest absolute Gasteiger partial charge is 0.505 e. The van der Waals surface area contributed by atoms with Crippen LogP contribution in [0.4, 0.5) is 23.0 Å². The van der Waals surface area contributed by atoms with Gasteiger partial charge >= 0.3 is 11.4 Å². The van der Waals surface area contributed by atoms with Crippen LogP contribution in [0, 0.1) is 6.92 Å². The zero-order valence-corrected chi connectivity index (χ0v) is 29.1. The number of azo groups is 1. The second-order valence-corrected chi connectivity index (χ2v) is 14.5. The zero-order valence-electron chi connectivity index (χ0n) is 24.3. The highest BCUT2D eigenvalue weighted by atomic mass is 35.5. The smallest absolute Gasteiger partial charge is 0.357 e. The van der Waals surface area contributed by atoms with E-state index in [4.69, 9.17) is 30.3 Å². The predicted molar refractivity (Wildman–Crippen MR) is 171 cm³/mol. The number of phenols is 1. The summed E-state index contributed by atoms with van der Waals surface area (Å²) in [5.74, 6) is -2.06. The van der Waals surface area contributed by atoms with E-state index in [-0.39, 0.29) is 45.4 Å². The normalized spacial score (nSPS) is 13.5. The Morgan fingerprint density at radius 2 is 1.74 bits per heavy atom. The quantitative estimate of drug-likeness (QED) is 0.0177. The average Bonchev–Trinajstić information content (AvgIpc) is 2.99. The molecule has 0 aliphatic carbocycles. The number of aryl methyl sites for hydroxylation is 1. The maximum absolute atomic E-state index is 12.6. The molecule has 4 rings (SSSR count). The van der Waals surface area contributed by atoms with Crippen LogP contribution in [0.5, 0.6) is 11.5 Å². The second-order valence-electron chi connectivity index (χ2n) is 8.91. The van der Waals surface area contributed by atoms with Gasteiger partial charge in [-0.15, -0.1) is 14.6 Å². The molecule has 0 radical (unpaired) electrons. The number of nitrogens with zero attached hydrogens (tertiary/aromatic N) is 5. The highest BCUT2D eigenvalue weighted by Crippen LogP contribution is 2.47.